The number of carbonyl (C=O) groups is 1. The first-order valence-electron chi connectivity index (χ1n) is 7.42. The molecule has 0 radical (unpaired) electrons. The van der Waals surface area contributed by atoms with Crippen LogP contribution < -0.4 is 0 Å². The zero-order valence-corrected chi connectivity index (χ0v) is 12.6. The maximum absolute atomic E-state index is 12.8. The number of Topliss-reactive ketones (excluding diaryl/α,β-unsaturated/α-hetero) is 1. The SMILES string of the molecule is CCN(CC)C(C)(C)C(=O)c1ccc2c(c1)CCC2. The van der Waals surface area contributed by atoms with E-state index in [1.807, 2.05) is 19.9 Å². The lowest BCUT2D eigenvalue weighted by molar-refractivity contribution is 0.0668. The summed E-state index contributed by atoms with van der Waals surface area (Å²) in [6.45, 7) is 10.1. The Bertz CT molecular complexity index is 472. The van der Waals surface area contributed by atoms with Crippen molar-refractivity contribution < 1.29 is 4.79 Å². The van der Waals surface area contributed by atoms with Crippen LogP contribution in [0.5, 0.6) is 0 Å². The van der Waals surface area contributed by atoms with Gasteiger partial charge in [0, 0.05) is 5.56 Å². The van der Waals surface area contributed by atoms with Gasteiger partial charge in [0.15, 0.2) is 5.78 Å². The minimum atomic E-state index is -0.420. The number of hydrogen-bond acceptors (Lipinski definition) is 2. The number of rotatable bonds is 5. The van der Waals surface area contributed by atoms with Gasteiger partial charge >= 0.3 is 0 Å². The lowest BCUT2D eigenvalue weighted by Gasteiger charge is -2.35. The standard InChI is InChI=1S/C17H25NO/c1-5-18(6-2)17(3,4)16(19)15-11-10-13-8-7-9-14(13)12-15/h10-12H,5-9H2,1-4H3. The Kier molecular flexibility index (Phi) is 4.10. The quantitative estimate of drug-likeness (QED) is 0.755. The number of nitrogens with zero attached hydrogens (tertiary/aromatic N) is 1. The van der Waals surface area contributed by atoms with Gasteiger partial charge in [0.05, 0.1) is 5.54 Å². The zero-order chi connectivity index (χ0) is 14.0. The second kappa shape index (κ2) is 5.46. The Morgan fingerprint density at radius 1 is 1.16 bits per heavy atom. The number of fused-ring (bicyclic) bond motifs is 1. The predicted octanol–water partition coefficient (Wildman–Crippen LogP) is 3.48. The van der Waals surface area contributed by atoms with Gasteiger partial charge in [0.2, 0.25) is 0 Å². The topological polar surface area (TPSA) is 20.3 Å². The van der Waals surface area contributed by atoms with E-state index in [0.717, 1.165) is 25.1 Å². The van der Waals surface area contributed by atoms with Crippen LogP contribution in [0.4, 0.5) is 0 Å². The maximum Gasteiger partial charge on any atom is 0.182 e. The molecule has 0 N–H and O–H groups in total. The van der Waals surface area contributed by atoms with Gasteiger partial charge in [0.1, 0.15) is 0 Å². The molecule has 0 aromatic heterocycles. The van der Waals surface area contributed by atoms with Gasteiger partial charge in [0.25, 0.3) is 0 Å². The third kappa shape index (κ3) is 2.59. The third-order valence-electron chi connectivity index (χ3n) is 4.47. The highest BCUT2D eigenvalue weighted by Crippen LogP contribution is 2.26. The molecule has 2 rings (SSSR count). The molecule has 1 aromatic rings. The van der Waals surface area contributed by atoms with Gasteiger partial charge in [-0.05, 0) is 63.4 Å². The Balaban J connectivity index is 2.28. The van der Waals surface area contributed by atoms with E-state index >= 15 is 0 Å². The number of likely N-dealkylation sites (N-methyl/N-ethyl adjacent to an activating group) is 1. The largest absolute Gasteiger partial charge is 0.292 e. The normalized spacial score (nSPS) is 14.8. The summed E-state index contributed by atoms with van der Waals surface area (Å²) >= 11 is 0. The molecule has 0 amide bonds. The van der Waals surface area contributed by atoms with Crippen molar-refractivity contribution in [2.45, 2.75) is 52.5 Å². The van der Waals surface area contributed by atoms with E-state index in [9.17, 15) is 4.79 Å². The summed E-state index contributed by atoms with van der Waals surface area (Å²) in [7, 11) is 0. The van der Waals surface area contributed by atoms with Gasteiger partial charge < -0.3 is 0 Å². The number of hydrogen-bond donors (Lipinski definition) is 0. The third-order valence-corrected chi connectivity index (χ3v) is 4.47. The highest BCUT2D eigenvalue weighted by atomic mass is 16.1. The van der Waals surface area contributed by atoms with Crippen LogP contribution in [0, 0.1) is 0 Å². The van der Waals surface area contributed by atoms with E-state index in [4.69, 9.17) is 0 Å². The molecule has 0 saturated heterocycles. The van der Waals surface area contributed by atoms with Gasteiger partial charge in [-0.1, -0.05) is 26.0 Å². The van der Waals surface area contributed by atoms with Crippen LogP contribution in [0.25, 0.3) is 0 Å². The highest BCUT2D eigenvalue weighted by molar-refractivity contribution is 6.02. The molecular weight excluding hydrogens is 234 g/mol. The molecule has 0 bridgehead atoms. The molecular formula is C17H25NO. The van der Waals surface area contributed by atoms with Gasteiger partial charge in [-0.3, -0.25) is 9.69 Å². The summed E-state index contributed by atoms with van der Waals surface area (Å²) in [5, 5.41) is 0. The molecule has 1 aromatic carbocycles. The lowest BCUT2D eigenvalue weighted by Crippen LogP contribution is -2.49. The minimum Gasteiger partial charge on any atom is -0.292 e. The van der Waals surface area contributed by atoms with E-state index in [0.29, 0.717) is 0 Å². The summed E-state index contributed by atoms with van der Waals surface area (Å²) in [5.41, 5.74) is 3.26. The molecule has 0 unspecified atom stereocenters. The Hall–Kier alpha value is -1.15. The van der Waals surface area contributed by atoms with Crippen LogP contribution in [-0.2, 0) is 12.8 Å². The fourth-order valence-corrected chi connectivity index (χ4v) is 3.22. The number of aryl methyl sites for hydroxylation is 2. The predicted molar refractivity (Wildman–Crippen MR) is 79.8 cm³/mol. The fourth-order valence-electron chi connectivity index (χ4n) is 3.22. The summed E-state index contributed by atoms with van der Waals surface area (Å²) in [4.78, 5) is 15.0. The molecule has 0 aliphatic heterocycles. The lowest BCUT2D eigenvalue weighted by atomic mass is 9.90. The average Bonchev–Trinajstić information content (AvgIpc) is 2.86. The van der Waals surface area contributed by atoms with Crippen LogP contribution in [0.1, 0.15) is 55.6 Å². The Morgan fingerprint density at radius 2 is 1.79 bits per heavy atom. The Labute approximate surface area is 116 Å². The van der Waals surface area contributed by atoms with Gasteiger partial charge in [-0.15, -0.1) is 0 Å². The minimum absolute atomic E-state index is 0.242. The van der Waals surface area contributed by atoms with Gasteiger partial charge in [-0.2, -0.15) is 0 Å². The van der Waals surface area contributed by atoms with Crippen molar-refractivity contribution in [3.63, 3.8) is 0 Å². The molecule has 0 heterocycles. The number of carbonyl (C=O) groups excluding carboxylic acids is 1. The maximum atomic E-state index is 12.8. The zero-order valence-electron chi connectivity index (χ0n) is 12.6. The second-order valence-electron chi connectivity index (χ2n) is 5.90. The smallest absolute Gasteiger partial charge is 0.182 e. The van der Waals surface area contributed by atoms with E-state index in [1.165, 1.54) is 24.0 Å². The van der Waals surface area contributed by atoms with Crippen LogP contribution in [0.3, 0.4) is 0 Å². The van der Waals surface area contributed by atoms with Crippen molar-refractivity contribution in [3.8, 4) is 0 Å². The van der Waals surface area contributed by atoms with Crippen molar-refractivity contribution in [1.29, 1.82) is 0 Å². The summed E-state index contributed by atoms with van der Waals surface area (Å²) in [5.74, 6) is 0.242. The first kappa shape index (κ1) is 14.3. The molecule has 104 valence electrons. The summed E-state index contributed by atoms with van der Waals surface area (Å²) in [6.07, 6.45) is 3.53. The summed E-state index contributed by atoms with van der Waals surface area (Å²) < 4.78 is 0. The van der Waals surface area contributed by atoms with E-state index in [1.54, 1.807) is 0 Å². The molecule has 0 fully saturated rings. The number of benzene rings is 1. The second-order valence-corrected chi connectivity index (χ2v) is 5.90. The van der Waals surface area contributed by atoms with Gasteiger partial charge in [-0.25, -0.2) is 0 Å². The van der Waals surface area contributed by atoms with E-state index < -0.39 is 5.54 Å². The van der Waals surface area contributed by atoms with Crippen LogP contribution in [-0.4, -0.2) is 29.3 Å². The molecule has 2 heteroatoms. The van der Waals surface area contributed by atoms with Crippen molar-refractivity contribution in [1.82, 2.24) is 4.90 Å². The number of ketones is 1. The monoisotopic (exact) mass is 259 g/mol. The molecule has 0 spiro atoms. The molecule has 19 heavy (non-hydrogen) atoms. The molecule has 2 nitrogen and oxygen atoms in total. The van der Waals surface area contributed by atoms with Crippen LogP contribution >= 0.6 is 0 Å². The first-order chi connectivity index (χ1) is 9.00. The van der Waals surface area contributed by atoms with Crippen LogP contribution in [0.15, 0.2) is 18.2 Å². The Morgan fingerprint density at radius 3 is 2.42 bits per heavy atom. The van der Waals surface area contributed by atoms with Crippen molar-refractivity contribution in [2.24, 2.45) is 0 Å². The molecule has 1 aliphatic carbocycles. The summed E-state index contributed by atoms with van der Waals surface area (Å²) in [6, 6.07) is 6.28. The van der Waals surface area contributed by atoms with Crippen LogP contribution in [0.2, 0.25) is 0 Å². The molecule has 0 atom stereocenters. The molecule has 1 aliphatic rings. The van der Waals surface area contributed by atoms with E-state index in [2.05, 4.69) is 30.9 Å². The average molecular weight is 259 g/mol. The van der Waals surface area contributed by atoms with E-state index in [-0.39, 0.29) is 5.78 Å². The van der Waals surface area contributed by atoms with Crippen molar-refractivity contribution >= 4 is 5.78 Å². The molecule has 0 saturated carbocycles. The van der Waals surface area contributed by atoms with Crippen molar-refractivity contribution in [3.05, 3.63) is 34.9 Å². The fraction of sp³-hybridized carbons (Fsp3) is 0.588. The first-order valence-corrected chi connectivity index (χ1v) is 7.42. The highest BCUT2D eigenvalue weighted by Gasteiger charge is 2.33. The van der Waals surface area contributed by atoms with Crippen molar-refractivity contribution in [2.75, 3.05) is 13.1 Å².